The molecule has 18 heavy (non-hydrogen) atoms. The van der Waals surface area contributed by atoms with Crippen LogP contribution < -0.4 is 4.72 Å². The van der Waals surface area contributed by atoms with Crippen LogP contribution in [0.4, 0.5) is 0 Å². The Labute approximate surface area is 109 Å². The first-order chi connectivity index (χ1) is 8.18. The Balaban J connectivity index is 2.46. The zero-order chi connectivity index (χ0) is 13.8. The summed E-state index contributed by atoms with van der Waals surface area (Å²) in [5, 5.41) is 0. The van der Waals surface area contributed by atoms with Crippen molar-refractivity contribution in [2.24, 2.45) is 5.41 Å². The van der Waals surface area contributed by atoms with Crippen molar-refractivity contribution < 1.29 is 17.9 Å². The Morgan fingerprint density at radius 2 is 2.00 bits per heavy atom. The Morgan fingerprint density at radius 3 is 2.50 bits per heavy atom. The Bertz CT molecular complexity index is 377. The van der Waals surface area contributed by atoms with E-state index in [1.807, 2.05) is 20.8 Å². The number of rotatable bonds is 4. The van der Waals surface area contributed by atoms with Gasteiger partial charge in [0.05, 0.1) is 11.9 Å². The van der Waals surface area contributed by atoms with Crippen molar-refractivity contribution in [3.8, 4) is 0 Å². The first kappa shape index (κ1) is 15.4. The Hall–Kier alpha value is -0.620. The third-order valence-electron chi connectivity index (χ3n) is 2.64. The predicted molar refractivity (Wildman–Crippen MR) is 69.6 cm³/mol. The highest BCUT2D eigenvalue weighted by molar-refractivity contribution is 7.90. The summed E-state index contributed by atoms with van der Waals surface area (Å²) in [5.74, 6) is -0.568. The maximum atomic E-state index is 11.8. The summed E-state index contributed by atoms with van der Waals surface area (Å²) < 4.78 is 31.0. The molecule has 6 heteroatoms. The van der Waals surface area contributed by atoms with Crippen LogP contribution in [0.2, 0.25) is 0 Å². The second-order valence-electron chi connectivity index (χ2n) is 6.03. The molecular formula is C12H23NO4S. The molecule has 1 aliphatic rings. The summed E-state index contributed by atoms with van der Waals surface area (Å²) in [6.07, 6.45) is 2.62. The quantitative estimate of drug-likeness (QED) is 0.844. The average Bonchev–Trinajstić information content (AvgIpc) is 2.13. The van der Waals surface area contributed by atoms with Gasteiger partial charge in [-0.1, -0.05) is 20.8 Å². The fourth-order valence-corrected chi connectivity index (χ4v) is 3.17. The summed E-state index contributed by atoms with van der Waals surface area (Å²) in [6, 6.07) is 0. The van der Waals surface area contributed by atoms with E-state index in [2.05, 4.69) is 4.72 Å². The molecule has 0 spiro atoms. The molecule has 1 saturated heterocycles. The highest BCUT2D eigenvalue weighted by Gasteiger charge is 2.25. The molecule has 1 aliphatic heterocycles. The molecule has 5 nitrogen and oxygen atoms in total. The number of carbonyl (C=O) groups excluding carboxylic acids is 1. The van der Waals surface area contributed by atoms with E-state index in [4.69, 9.17) is 4.74 Å². The van der Waals surface area contributed by atoms with Crippen molar-refractivity contribution >= 4 is 15.9 Å². The van der Waals surface area contributed by atoms with Gasteiger partial charge in [0, 0.05) is 13.0 Å². The number of ether oxygens (including phenoxy) is 1. The maximum absolute atomic E-state index is 11.8. The molecule has 1 rings (SSSR count). The van der Waals surface area contributed by atoms with E-state index in [0.29, 0.717) is 6.61 Å². The minimum atomic E-state index is -3.58. The van der Waals surface area contributed by atoms with Gasteiger partial charge < -0.3 is 4.74 Å². The van der Waals surface area contributed by atoms with Gasteiger partial charge >= 0.3 is 0 Å². The molecule has 0 aromatic rings. The van der Waals surface area contributed by atoms with E-state index in [0.717, 1.165) is 19.3 Å². The van der Waals surface area contributed by atoms with Crippen LogP contribution >= 0.6 is 0 Å². The normalized spacial score (nSPS) is 21.6. The van der Waals surface area contributed by atoms with Gasteiger partial charge in [-0.25, -0.2) is 8.42 Å². The van der Waals surface area contributed by atoms with Crippen molar-refractivity contribution in [2.45, 2.75) is 52.6 Å². The van der Waals surface area contributed by atoms with Crippen LogP contribution in [0.25, 0.3) is 0 Å². The van der Waals surface area contributed by atoms with Crippen molar-refractivity contribution in [2.75, 3.05) is 12.4 Å². The Kier molecular flexibility index (Phi) is 5.16. The van der Waals surface area contributed by atoms with Gasteiger partial charge in [-0.3, -0.25) is 9.52 Å². The van der Waals surface area contributed by atoms with Gasteiger partial charge in [0.25, 0.3) is 0 Å². The number of sulfonamides is 1. The highest BCUT2D eigenvalue weighted by atomic mass is 32.2. The fraction of sp³-hybridized carbons (Fsp3) is 0.917. The van der Waals surface area contributed by atoms with Crippen LogP contribution in [0.5, 0.6) is 0 Å². The number of hydrogen-bond donors (Lipinski definition) is 1. The van der Waals surface area contributed by atoms with Gasteiger partial charge in [-0.05, 0) is 24.7 Å². The number of carbonyl (C=O) groups is 1. The number of hydrogen-bond acceptors (Lipinski definition) is 4. The SMILES string of the molecule is CC(C)(C)CC(=O)NS(=O)(=O)C[C@H]1CCCCO1. The largest absolute Gasteiger partial charge is 0.377 e. The molecule has 1 N–H and O–H groups in total. The molecule has 0 aromatic heterocycles. The van der Waals surface area contributed by atoms with E-state index in [9.17, 15) is 13.2 Å². The topological polar surface area (TPSA) is 72.5 Å². The van der Waals surface area contributed by atoms with Gasteiger partial charge in [0.2, 0.25) is 15.9 Å². The van der Waals surface area contributed by atoms with Gasteiger partial charge in [-0.2, -0.15) is 0 Å². The molecule has 0 saturated carbocycles. The van der Waals surface area contributed by atoms with E-state index >= 15 is 0 Å². The molecule has 1 heterocycles. The van der Waals surface area contributed by atoms with Crippen LogP contribution in [0.3, 0.4) is 0 Å². The third kappa shape index (κ3) is 6.35. The minimum Gasteiger partial charge on any atom is -0.377 e. The van der Waals surface area contributed by atoms with E-state index in [1.165, 1.54) is 0 Å². The lowest BCUT2D eigenvalue weighted by Crippen LogP contribution is -2.39. The summed E-state index contributed by atoms with van der Waals surface area (Å²) >= 11 is 0. The molecule has 106 valence electrons. The fourth-order valence-electron chi connectivity index (χ4n) is 1.92. The van der Waals surface area contributed by atoms with Crippen LogP contribution in [-0.2, 0) is 19.6 Å². The molecule has 0 unspecified atom stereocenters. The summed E-state index contributed by atoms with van der Waals surface area (Å²) in [7, 11) is -3.58. The molecule has 1 atom stereocenters. The van der Waals surface area contributed by atoms with Gasteiger partial charge in [0.15, 0.2) is 0 Å². The molecule has 1 amide bonds. The average molecular weight is 277 g/mol. The summed E-state index contributed by atoms with van der Waals surface area (Å²) in [4.78, 5) is 11.6. The van der Waals surface area contributed by atoms with E-state index in [-0.39, 0.29) is 23.7 Å². The molecule has 0 aliphatic carbocycles. The standard InChI is InChI=1S/C12H23NO4S/c1-12(2,3)8-11(14)13-18(15,16)9-10-6-4-5-7-17-10/h10H,4-9H2,1-3H3,(H,13,14)/t10-/m1/s1. The molecule has 0 aromatic carbocycles. The lowest BCUT2D eigenvalue weighted by molar-refractivity contribution is -0.121. The van der Waals surface area contributed by atoms with Gasteiger partial charge in [0.1, 0.15) is 0 Å². The number of nitrogens with one attached hydrogen (secondary N) is 1. The zero-order valence-corrected chi connectivity index (χ0v) is 12.2. The second kappa shape index (κ2) is 6.02. The zero-order valence-electron chi connectivity index (χ0n) is 11.4. The lowest BCUT2D eigenvalue weighted by atomic mass is 9.92. The summed E-state index contributed by atoms with van der Waals surface area (Å²) in [6.45, 7) is 6.28. The van der Waals surface area contributed by atoms with Crippen LogP contribution in [0.1, 0.15) is 46.5 Å². The molecule has 0 radical (unpaired) electrons. The molecular weight excluding hydrogens is 254 g/mol. The van der Waals surface area contributed by atoms with Crippen LogP contribution in [0, 0.1) is 5.41 Å². The van der Waals surface area contributed by atoms with Crippen molar-refractivity contribution in [1.82, 2.24) is 4.72 Å². The predicted octanol–water partition coefficient (Wildman–Crippen LogP) is 1.44. The van der Waals surface area contributed by atoms with Crippen LogP contribution in [0.15, 0.2) is 0 Å². The maximum Gasteiger partial charge on any atom is 0.237 e. The van der Waals surface area contributed by atoms with E-state index in [1.54, 1.807) is 0 Å². The first-order valence-corrected chi connectivity index (χ1v) is 7.98. The van der Waals surface area contributed by atoms with Crippen molar-refractivity contribution in [3.05, 3.63) is 0 Å². The van der Waals surface area contributed by atoms with E-state index < -0.39 is 15.9 Å². The number of amides is 1. The van der Waals surface area contributed by atoms with Crippen LogP contribution in [-0.4, -0.2) is 32.8 Å². The highest BCUT2D eigenvalue weighted by Crippen LogP contribution is 2.18. The third-order valence-corrected chi connectivity index (χ3v) is 3.99. The monoisotopic (exact) mass is 277 g/mol. The molecule has 0 bridgehead atoms. The summed E-state index contributed by atoms with van der Waals surface area (Å²) in [5.41, 5.74) is -0.221. The van der Waals surface area contributed by atoms with Crippen molar-refractivity contribution in [3.63, 3.8) is 0 Å². The Morgan fingerprint density at radius 1 is 1.33 bits per heavy atom. The smallest absolute Gasteiger partial charge is 0.237 e. The second-order valence-corrected chi connectivity index (χ2v) is 7.80. The minimum absolute atomic E-state index is 0.122. The lowest BCUT2D eigenvalue weighted by Gasteiger charge is -2.23. The molecule has 1 fully saturated rings. The van der Waals surface area contributed by atoms with Gasteiger partial charge in [-0.15, -0.1) is 0 Å². The first-order valence-electron chi connectivity index (χ1n) is 6.33. The van der Waals surface area contributed by atoms with Crippen molar-refractivity contribution in [1.29, 1.82) is 0 Å².